The maximum Gasteiger partial charge on any atom is 0.404 e. The fourth-order valence-electron chi connectivity index (χ4n) is 8.50. The first-order valence-corrected chi connectivity index (χ1v) is 22.4. The van der Waals surface area contributed by atoms with Crippen LogP contribution in [0.2, 0.25) is 0 Å². The molecule has 71 heavy (non-hydrogen) atoms. The first-order chi connectivity index (χ1) is 33.7. The number of rotatable bonds is 24. The second-order valence-electron chi connectivity index (χ2n) is 17.0. The number of primary amides is 1. The highest BCUT2D eigenvalue weighted by Gasteiger charge is 2.53. The average molecular weight is 988 g/mol. The number of H-pyrrole nitrogens is 1. The Hall–Kier alpha value is -8.49. The number of carbonyl (C=O) groups excluding carboxylic acids is 6. The molecule has 27 nitrogen and oxygen atoms in total. The predicted octanol–water partition coefficient (Wildman–Crippen LogP) is -1.43. The van der Waals surface area contributed by atoms with Crippen molar-refractivity contribution >= 4 is 76.1 Å². The summed E-state index contributed by atoms with van der Waals surface area (Å²) in [7, 11) is 0. The van der Waals surface area contributed by atoms with E-state index in [1.54, 1.807) is 4.90 Å². The fraction of sp³-hybridized carbons (Fsp3) is 0.432. The van der Waals surface area contributed by atoms with E-state index in [1.165, 1.54) is 37.4 Å². The lowest BCUT2D eigenvalue weighted by molar-refractivity contribution is -0.143. The third-order valence-corrected chi connectivity index (χ3v) is 12.1. The lowest BCUT2D eigenvalue weighted by Crippen LogP contribution is -2.45. The van der Waals surface area contributed by atoms with Crippen LogP contribution in [0.25, 0.3) is 11.2 Å². The molecule has 4 unspecified atom stereocenters. The van der Waals surface area contributed by atoms with Crippen LogP contribution in [0, 0.1) is 5.92 Å². The van der Waals surface area contributed by atoms with Crippen molar-refractivity contribution in [1.82, 2.24) is 51.4 Å². The number of carboxylic acids is 3. The minimum Gasteiger partial charge on any atom is -0.480 e. The van der Waals surface area contributed by atoms with Crippen LogP contribution in [0.4, 0.5) is 16.4 Å². The van der Waals surface area contributed by atoms with Gasteiger partial charge in [-0.05, 0) is 70.2 Å². The summed E-state index contributed by atoms with van der Waals surface area (Å²) in [6, 6.07) is 0.917. The molecule has 1 saturated heterocycles. The molecule has 27 heteroatoms. The Balaban J connectivity index is 0.913. The third kappa shape index (κ3) is 12.6. The van der Waals surface area contributed by atoms with Crippen molar-refractivity contribution in [3.05, 3.63) is 74.6 Å². The first-order valence-electron chi connectivity index (χ1n) is 22.4. The Labute approximate surface area is 402 Å². The van der Waals surface area contributed by atoms with Crippen molar-refractivity contribution in [1.29, 1.82) is 0 Å². The number of nitrogens with zero attached hydrogens (tertiary/aromatic N) is 4. The van der Waals surface area contributed by atoms with Crippen LogP contribution >= 0.6 is 0 Å². The summed E-state index contributed by atoms with van der Waals surface area (Å²) in [5.74, 6) is -8.32. The van der Waals surface area contributed by atoms with Crippen LogP contribution in [-0.2, 0) is 44.8 Å². The normalized spacial score (nSPS) is 18.5. The molecule has 1 aromatic carbocycles. The zero-order valence-corrected chi connectivity index (χ0v) is 38.4. The first kappa shape index (κ1) is 51.9. The topological polar surface area (TPSA) is 423 Å². The molecule has 14 N–H and O–H groups in total. The summed E-state index contributed by atoms with van der Waals surface area (Å²) < 4.78 is 5.07. The molecule has 3 aliphatic rings. The summed E-state index contributed by atoms with van der Waals surface area (Å²) in [6.45, 7) is 3.83. The monoisotopic (exact) mass is 987 g/mol. The number of nitrogen functional groups attached to an aromatic ring is 1. The zero-order chi connectivity index (χ0) is 51.7. The number of Topliss-reactive ketones (excluding diaryl/α,β-unsaturated/α-hetero) is 2. The van der Waals surface area contributed by atoms with E-state index in [0.717, 1.165) is 0 Å². The Bertz CT molecular complexity index is 2760. The van der Waals surface area contributed by atoms with Gasteiger partial charge in [-0.25, -0.2) is 29.1 Å². The molecule has 0 saturated carbocycles. The predicted molar refractivity (Wildman–Crippen MR) is 246 cm³/mol. The number of nitrogens with one attached hydrogen (secondary N) is 7. The number of carbonyl (C=O) groups is 9. The quantitative estimate of drug-likeness (QED) is 0.0362. The van der Waals surface area contributed by atoms with Crippen LogP contribution in [0.15, 0.2) is 57.8 Å². The highest BCUT2D eigenvalue weighted by atomic mass is 16.5. The number of ether oxygens (including phenoxy) is 1. The van der Waals surface area contributed by atoms with Gasteiger partial charge < -0.3 is 63.0 Å². The van der Waals surface area contributed by atoms with Gasteiger partial charge in [0, 0.05) is 53.7 Å². The maximum atomic E-state index is 13.8. The third-order valence-electron chi connectivity index (χ3n) is 12.1. The molecule has 2 aliphatic heterocycles. The Morgan fingerprint density at radius 3 is 2.08 bits per heavy atom. The molecular weight excluding hydrogens is 935 g/mol. The van der Waals surface area contributed by atoms with E-state index in [2.05, 4.69) is 51.8 Å². The van der Waals surface area contributed by atoms with Crippen molar-refractivity contribution in [3.8, 4) is 0 Å². The summed E-state index contributed by atoms with van der Waals surface area (Å²) in [6.07, 6.45) is -1.02. The second kappa shape index (κ2) is 22.7. The molecule has 0 bridgehead atoms. The SMILES string of the molecule is CC1=C(NCCCCC(NC(=O)CCC(NC(=O)CCC(NC(=O)c2ccc(NCc3cnc4nc(N)[nH]c(=O)c4n3)cc2)C(=O)O)C(=O)O)C(=O)O)C(=O)C2=C(C1=O)N1CN[C@@H](C)C1[C@@H]2COC(N)=O. The van der Waals surface area contributed by atoms with Gasteiger partial charge in [-0.2, -0.15) is 4.98 Å². The van der Waals surface area contributed by atoms with Gasteiger partial charge in [-0.3, -0.25) is 39.1 Å². The van der Waals surface area contributed by atoms with E-state index in [-0.39, 0.29) is 95.6 Å². The largest absolute Gasteiger partial charge is 0.480 e. The van der Waals surface area contributed by atoms with E-state index >= 15 is 0 Å². The lowest BCUT2D eigenvalue weighted by atomic mass is 9.83. The molecule has 4 amide bonds. The number of hydrogen-bond acceptors (Lipinski definition) is 19. The molecule has 378 valence electrons. The number of aromatic nitrogens is 4. The Kier molecular flexibility index (Phi) is 16.6. The van der Waals surface area contributed by atoms with E-state index < -0.39 is 103 Å². The number of aromatic amines is 1. The molecule has 1 fully saturated rings. The van der Waals surface area contributed by atoms with Crippen molar-refractivity contribution in [2.24, 2.45) is 11.7 Å². The molecule has 0 radical (unpaired) electrons. The second-order valence-corrected chi connectivity index (χ2v) is 17.0. The van der Waals surface area contributed by atoms with Crippen molar-refractivity contribution in [2.75, 3.05) is 30.9 Å². The van der Waals surface area contributed by atoms with Gasteiger partial charge >= 0.3 is 24.0 Å². The molecule has 3 aromatic rings. The number of unbranched alkanes of at least 4 members (excludes halogenated alkanes) is 1. The van der Waals surface area contributed by atoms with Crippen LogP contribution in [-0.4, -0.2) is 143 Å². The van der Waals surface area contributed by atoms with E-state index in [0.29, 0.717) is 24.5 Å². The van der Waals surface area contributed by atoms with Gasteiger partial charge in [0.2, 0.25) is 29.3 Å². The average Bonchev–Trinajstić information content (AvgIpc) is 3.86. The number of carboxylic acid groups (broad SMARTS) is 3. The van der Waals surface area contributed by atoms with E-state index in [9.17, 15) is 63.3 Å². The maximum absolute atomic E-state index is 13.8. The van der Waals surface area contributed by atoms with Crippen LogP contribution in [0.5, 0.6) is 0 Å². The van der Waals surface area contributed by atoms with Gasteiger partial charge in [0.05, 0.1) is 42.5 Å². The summed E-state index contributed by atoms with van der Waals surface area (Å²) in [5.41, 5.74) is 12.0. The molecule has 0 spiro atoms. The number of fused-ring (bicyclic) bond motifs is 3. The standard InChI is InChI=1S/C44H53N13O14/c1-19-31(36(61)30-24(17-71-44(46)70)33-20(2)50-18-57(33)34(30)35(19)60)47-14-4-3-5-25(40(64)65)52-28(58)12-10-26(41(66)67)53-29(59)13-11-27(42(68)69)54-38(62)21-6-8-22(9-7-21)48-15-23-16-49-37-32(51-23)39(63)56-43(45)55-37/h6-9,16,20,24-27,33,47-48,50H,3-5,10-15,17-18H2,1-2H3,(H2,46,70)(H,52,58)(H,53,59)(H,54,62)(H,64,65)(H,66,67)(H,68,69)(H3,45,49,55,56,63)/t20-,24+,25?,26?,27?,33?/m0/s1. The molecule has 6 rings (SSSR count). The Morgan fingerprint density at radius 2 is 1.46 bits per heavy atom. The van der Waals surface area contributed by atoms with Crippen LogP contribution in [0.1, 0.15) is 74.8 Å². The van der Waals surface area contributed by atoms with Gasteiger partial charge in [0.15, 0.2) is 11.2 Å². The summed E-state index contributed by atoms with van der Waals surface area (Å²) >= 11 is 0. The van der Waals surface area contributed by atoms with Crippen LogP contribution < -0.4 is 48.9 Å². The molecular formula is C44H53N13O14. The molecule has 4 heterocycles. The minimum atomic E-state index is -1.61. The van der Waals surface area contributed by atoms with Gasteiger partial charge in [0.1, 0.15) is 24.7 Å². The smallest absolute Gasteiger partial charge is 0.404 e. The number of amides is 4. The van der Waals surface area contributed by atoms with E-state index in [4.69, 9.17) is 16.2 Å². The van der Waals surface area contributed by atoms with Crippen molar-refractivity contribution < 1.29 is 63.2 Å². The number of anilines is 2. The zero-order valence-electron chi connectivity index (χ0n) is 38.4. The van der Waals surface area contributed by atoms with Crippen molar-refractivity contribution in [3.63, 3.8) is 0 Å². The van der Waals surface area contributed by atoms with E-state index in [1.807, 2.05) is 6.92 Å². The number of benzene rings is 1. The number of aliphatic carboxylic acids is 3. The number of ketones is 2. The Morgan fingerprint density at radius 1 is 0.845 bits per heavy atom. The van der Waals surface area contributed by atoms with Gasteiger partial charge in [0.25, 0.3) is 11.5 Å². The van der Waals surface area contributed by atoms with Gasteiger partial charge in [-0.1, -0.05) is 0 Å². The highest BCUT2D eigenvalue weighted by Crippen LogP contribution is 2.43. The number of nitrogens with two attached hydrogens (primary N) is 2. The molecule has 2 aromatic heterocycles. The summed E-state index contributed by atoms with van der Waals surface area (Å²) in [4.78, 5) is 142. The number of allylic oxidation sites excluding steroid dienone is 2. The summed E-state index contributed by atoms with van der Waals surface area (Å²) in [5, 5.41) is 45.5. The number of hydrogen-bond donors (Lipinski definition) is 12. The van der Waals surface area contributed by atoms with Crippen LogP contribution in [0.3, 0.4) is 0 Å². The van der Waals surface area contributed by atoms with Gasteiger partial charge in [-0.15, -0.1) is 0 Å². The minimum absolute atomic E-state index is 0.00405. The fourth-order valence-corrected chi connectivity index (χ4v) is 8.50. The lowest BCUT2D eigenvalue weighted by Gasteiger charge is -2.25. The highest BCUT2D eigenvalue weighted by molar-refractivity contribution is 6.25. The molecule has 1 aliphatic carbocycles. The van der Waals surface area contributed by atoms with Crippen molar-refractivity contribution in [2.45, 2.75) is 95.5 Å². The molecule has 6 atom stereocenters.